The molecule has 9 heteroatoms. The Morgan fingerprint density at radius 1 is 1.46 bits per heavy atom. The van der Waals surface area contributed by atoms with Gasteiger partial charge in [0.15, 0.2) is 0 Å². The molecule has 2 atom stereocenters. The molecule has 0 aliphatic carbocycles. The van der Waals surface area contributed by atoms with Crippen LogP contribution in [0.3, 0.4) is 0 Å². The Hall–Kier alpha value is -1.84. The van der Waals surface area contributed by atoms with Crippen LogP contribution in [0, 0.1) is 0 Å². The summed E-state index contributed by atoms with van der Waals surface area (Å²) in [5, 5.41) is 5.67. The summed E-state index contributed by atoms with van der Waals surface area (Å²) < 4.78 is 26.5. The van der Waals surface area contributed by atoms with Crippen LogP contribution in [0.2, 0.25) is 0 Å². The first-order valence-corrected chi connectivity index (χ1v) is 12.1. The molecule has 0 bridgehead atoms. The highest BCUT2D eigenvalue weighted by atomic mass is 32.2. The van der Waals surface area contributed by atoms with Crippen molar-refractivity contribution in [1.82, 2.24) is 19.6 Å². The number of pyridine rings is 1. The standard InChI is InChI=1S/C19H26N4O3S2/c1-3-4-11-28(25,26)23-10-6-8-17(23)18(24)21-14(2)19-22-16(13-27-19)15-7-5-9-20-12-15/h5,7,9,12-14,17H,3-4,6,8,10-11H2,1-2H3,(H,21,24). The van der Waals surface area contributed by atoms with Crippen LogP contribution >= 0.6 is 11.3 Å². The van der Waals surface area contributed by atoms with Gasteiger partial charge in [0.1, 0.15) is 11.0 Å². The zero-order valence-corrected chi connectivity index (χ0v) is 17.8. The number of nitrogens with one attached hydrogen (secondary N) is 1. The van der Waals surface area contributed by atoms with Gasteiger partial charge in [-0.1, -0.05) is 13.3 Å². The minimum atomic E-state index is -3.40. The Morgan fingerprint density at radius 3 is 3.00 bits per heavy atom. The van der Waals surface area contributed by atoms with E-state index >= 15 is 0 Å². The molecule has 2 aromatic heterocycles. The molecule has 0 aromatic carbocycles. The highest BCUT2D eigenvalue weighted by molar-refractivity contribution is 7.89. The van der Waals surface area contributed by atoms with Crippen LogP contribution < -0.4 is 5.32 Å². The zero-order valence-electron chi connectivity index (χ0n) is 16.2. The van der Waals surface area contributed by atoms with Crippen LogP contribution in [0.15, 0.2) is 29.9 Å². The summed E-state index contributed by atoms with van der Waals surface area (Å²) in [4.78, 5) is 21.5. The Balaban J connectivity index is 1.66. The summed E-state index contributed by atoms with van der Waals surface area (Å²) in [5.41, 5.74) is 1.74. The van der Waals surface area contributed by atoms with Crippen molar-refractivity contribution < 1.29 is 13.2 Å². The minimum Gasteiger partial charge on any atom is -0.346 e. The van der Waals surface area contributed by atoms with Crippen LogP contribution in [-0.2, 0) is 14.8 Å². The molecule has 152 valence electrons. The van der Waals surface area contributed by atoms with Gasteiger partial charge in [0.2, 0.25) is 15.9 Å². The van der Waals surface area contributed by atoms with E-state index in [4.69, 9.17) is 0 Å². The summed E-state index contributed by atoms with van der Waals surface area (Å²) in [5.74, 6) is -0.146. The molecule has 2 aromatic rings. The van der Waals surface area contributed by atoms with E-state index in [9.17, 15) is 13.2 Å². The molecule has 0 spiro atoms. The van der Waals surface area contributed by atoms with Gasteiger partial charge in [-0.05, 0) is 38.3 Å². The number of aromatic nitrogens is 2. The molecule has 28 heavy (non-hydrogen) atoms. The molecule has 0 saturated carbocycles. The van der Waals surface area contributed by atoms with Gasteiger partial charge in [-0.25, -0.2) is 13.4 Å². The minimum absolute atomic E-state index is 0.101. The number of carbonyl (C=O) groups excluding carboxylic acids is 1. The van der Waals surface area contributed by atoms with E-state index in [1.165, 1.54) is 15.6 Å². The summed E-state index contributed by atoms with van der Waals surface area (Å²) in [6.07, 6.45) is 6.15. The lowest BCUT2D eigenvalue weighted by Crippen LogP contribution is -2.47. The van der Waals surface area contributed by atoms with E-state index in [-0.39, 0.29) is 17.7 Å². The van der Waals surface area contributed by atoms with Crippen LogP contribution in [0.4, 0.5) is 0 Å². The molecule has 1 aliphatic rings. The highest BCUT2D eigenvalue weighted by Crippen LogP contribution is 2.26. The van der Waals surface area contributed by atoms with Crippen molar-refractivity contribution in [2.45, 2.75) is 51.6 Å². The van der Waals surface area contributed by atoms with E-state index < -0.39 is 16.1 Å². The zero-order chi connectivity index (χ0) is 20.1. The molecule has 2 unspecified atom stereocenters. The smallest absolute Gasteiger partial charge is 0.239 e. The van der Waals surface area contributed by atoms with Crippen LogP contribution in [-0.4, -0.2) is 46.9 Å². The van der Waals surface area contributed by atoms with Crippen LogP contribution in [0.1, 0.15) is 50.6 Å². The van der Waals surface area contributed by atoms with Crippen molar-refractivity contribution in [3.63, 3.8) is 0 Å². The first-order valence-electron chi connectivity index (χ1n) is 9.58. The molecular weight excluding hydrogens is 396 g/mol. The van der Waals surface area contributed by atoms with Crippen LogP contribution in [0.5, 0.6) is 0 Å². The first kappa shape index (κ1) is 20.9. The highest BCUT2D eigenvalue weighted by Gasteiger charge is 2.38. The van der Waals surface area contributed by atoms with Crippen molar-refractivity contribution in [2.75, 3.05) is 12.3 Å². The van der Waals surface area contributed by atoms with E-state index in [0.29, 0.717) is 25.8 Å². The summed E-state index contributed by atoms with van der Waals surface area (Å²) in [6, 6.07) is 2.88. The second kappa shape index (κ2) is 9.11. The van der Waals surface area contributed by atoms with Crippen molar-refractivity contribution in [1.29, 1.82) is 0 Å². The van der Waals surface area contributed by atoms with Gasteiger partial charge < -0.3 is 5.32 Å². The first-order chi connectivity index (χ1) is 13.4. The van der Waals surface area contributed by atoms with Crippen molar-refractivity contribution >= 4 is 27.3 Å². The van der Waals surface area contributed by atoms with Gasteiger partial charge in [0.25, 0.3) is 0 Å². The SMILES string of the molecule is CCCCS(=O)(=O)N1CCCC1C(=O)NC(C)c1nc(-c2cccnc2)cs1. The van der Waals surface area contributed by atoms with E-state index in [2.05, 4.69) is 15.3 Å². The number of sulfonamides is 1. The molecule has 3 heterocycles. The maximum Gasteiger partial charge on any atom is 0.239 e. The fraction of sp³-hybridized carbons (Fsp3) is 0.526. The Morgan fingerprint density at radius 2 is 2.29 bits per heavy atom. The van der Waals surface area contributed by atoms with Gasteiger partial charge in [0.05, 0.1) is 17.5 Å². The number of thiazole rings is 1. The molecule has 0 radical (unpaired) electrons. The Labute approximate surface area is 170 Å². The molecule has 1 amide bonds. The average Bonchev–Trinajstić information content (AvgIpc) is 3.37. The molecule has 7 nitrogen and oxygen atoms in total. The van der Waals surface area contributed by atoms with E-state index in [0.717, 1.165) is 22.7 Å². The van der Waals surface area contributed by atoms with Crippen molar-refractivity contribution in [3.8, 4) is 11.3 Å². The number of rotatable bonds is 8. The van der Waals surface area contributed by atoms with Gasteiger partial charge in [-0.2, -0.15) is 4.31 Å². The molecule has 3 rings (SSSR count). The third-order valence-electron chi connectivity index (χ3n) is 4.83. The van der Waals surface area contributed by atoms with Gasteiger partial charge in [-0.3, -0.25) is 9.78 Å². The maximum atomic E-state index is 12.8. The van der Waals surface area contributed by atoms with Gasteiger partial charge in [-0.15, -0.1) is 11.3 Å². The molecule has 1 aliphatic heterocycles. The number of amides is 1. The van der Waals surface area contributed by atoms with Crippen molar-refractivity contribution in [2.24, 2.45) is 0 Å². The lowest BCUT2D eigenvalue weighted by molar-refractivity contribution is -0.124. The van der Waals surface area contributed by atoms with Gasteiger partial charge >= 0.3 is 0 Å². The molecular formula is C19H26N4O3S2. The average molecular weight is 423 g/mol. The van der Waals surface area contributed by atoms with Crippen LogP contribution in [0.25, 0.3) is 11.3 Å². The molecule has 1 N–H and O–H groups in total. The predicted octanol–water partition coefficient (Wildman–Crippen LogP) is 2.98. The second-order valence-corrected chi connectivity index (χ2v) is 9.91. The molecule has 1 fully saturated rings. The number of unbranched alkanes of at least 4 members (excludes halogenated alkanes) is 1. The Kier molecular flexibility index (Phi) is 6.79. The maximum absolute atomic E-state index is 12.8. The monoisotopic (exact) mass is 422 g/mol. The van der Waals surface area contributed by atoms with E-state index in [1.54, 1.807) is 12.4 Å². The number of hydrogen-bond donors (Lipinski definition) is 1. The predicted molar refractivity (Wildman–Crippen MR) is 110 cm³/mol. The largest absolute Gasteiger partial charge is 0.346 e. The molecule has 1 saturated heterocycles. The lowest BCUT2D eigenvalue weighted by Gasteiger charge is -2.24. The summed E-state index contributed by atoms with van der Waals surface area (Å²) in [6.45, 7) is 4.24. The third kappa shape index (κ3) is 4.76. The van der Waals surface area contributed by atoms with Gasteiger partial charge in [0, 0.05) is 29.9 Å². The summed E-state index contributed by atoms with van der Waals surface area (Å²) in [7, 11) is -3.40. The topological polar surface area (TPSA) is 92.3 Å². The second-order valence-electron chi connectivity index (χ2n) is 6.98. The normalized spacial score (nSPS) is 18.9. The summed E-state index contributed by atoms with van der Waals surface area (Å²) >= 11 is 1.47. The lowest BCUT2D eigenvalue weighted by atomic mass is 10.2. The van der Waals surface area contributed by atoms with Crippen molar-refractivity contribution in [3.05, 3.63) is 34.9 Å². The number of nitrogens with zero attached hydrogens (tertiary/aromatic N) is 3. The third-order valence-corrected chi connectivity index (χ3v) is 7.81. The van der Waals surface area contributed by atoms with E-state index in [1.807, 2.05) is 31.4 Å². The fourth-order valence-electron chi connectivity index (χ4n) is 3.28. The number of hydrogen-bond acceptors (Lipinski definition) is 6. The Bertz CT molecular complexity index is 899. The quantitative estimate of drug-likeness (QED) is 0.706. The number of carbonyl (C=O) groups is 1. The fourth-order valence-corrected chi connectivity index (χ4v) is 6.00.